The van der Waals surface area contributed by atoms with Crippen LogP contribution < -0.4 is 5.69 Å². The van der Waals surface area contributed by atoms with Crippen LogP contribution in [0.3, 0.4) is 0 Å². The van der Waals surface area contributed by atoms with Crippen LogP contribution in [0.5, 0.6) is 0 Å². The topological polar surface area (TPSA) is 58.1 Å². The second-order valence-corrected chi connectivity index (χ2v) is 5.86. The Kier molecular flexibility index (Phi) is 3.50. The van der Waals surface area contributed by atoms with E-state index in [0.29, 0.717) is 27.6 Å². The lowest BCUT2D eigenvalue weighted by Crippen LogP contribution is -2.12. The second-order valence-electron chi connectivity index (χ2n) is 5.42. The summed E-state index contributed by atoms with van der Waals surface area (Å²) in [5, 5.41) is 0.512. The summed E-state index contributed by atoms with van der Waals surface area (Å²) >= 11 is 6.15. The summed E-state index contributed by atoms with van der Waals surface area (Å²) in [5.41, 5.74) is 3.28. The molecule has 4 rings (SSSR count). The van der Waals surface area contributed by atoms with E-state index in [2.05, 4.69) is 15.0 Å². The van der Waals surface area contributed by atoms with Gasteiger partial charge in [0.25, 0.3) is 0 Å². The number of H-pyrrole nitrogens is 1. The third-order valence-corrected chi connectivity index (χ3v) is 4.17. The Bertz CT molecular complexity index is 1040. The summed E-state index contributed by atoms with van der Waals surface area (Å²) in [7, 11) is 0. The number of aliphatic imine (C=N–C) groups is 1. The zero-order valence-corrected chi connectivity index (χ0v) is 13.1. The fourth-order valence-corrected chi connectivity index (χ4v) is 3.02. The van der Waals surface area contributed by atoms with E-state index in [9.17, 15) is 9.18 Å². The van der Waals surface area contributed by atoms with Crippen LogP contribution in [0.1, 0.15) is 16.7 Å². The summed E-state index contributed by atoms with van der Waals surface area (Å²) in [5.74, 6) is -0.361. The van der Waals surface area contributed by atoms with Crippen molar-refractivity contribution in [3.05, 3.63) is 86.7 Å². The maximum Gasteiger partial charge on any atom is 0.345 e. The number of aromatic nitrogens is 2. The molecule has 118 valence electrons. The average Bonchev–Trinajstić information content (AvgIpc) is 2.72. The quantitative estimate of drug-likeness (QED) is 0.736. The first-order chi connectivity index (χ1) is 11.6. The van der Waals surface area contributed by atoms with Crippen molar-refractivity contribution in [2.24, 2.45) is 4.99 Å². The van der Waals surface area contributed by atoms with E-state index >= 15 is 0 Å². The summed E-state index contributed by atoms with van der Waals surface area (Å²) < 4.78 is 14.3. The van der Waals surface area contributed by atoms with Crippen LogP contribution in [-0.2, 0) is 6.54 Å². The summed E-state index contributed by atoms with van der Waals surface area (Å²) in [6.07, 6.45) is 1.50. The molecule has 0 amide bonds. The Hall–Kier alpha value is -2.79. The van der Waals surface area contributed by atoms with Gasteiger partial charge < -0.3 is 4.98 Å². The number of hydrogen-bond donors (Lipinski definition) is 1. The minimum atomic E-state index is -0.441. The second kappa shape index (κ2) is 5.69. The monoisotopic (exact) mass is 339 g/mol. The van der Waals surface area contributed by atoms with Gasteiger partial charge in [-0.15, -0.1) is 0 Å². The van der Waals surface area contributed by atoms with Crippen LogP contribution in [0.25, 0.3) is 11.3 Å². The number of hydrogen-bond acceptors (Lipinski definition) is 3. The maximum absolute atomic E-state index is 14.3. The number of benzene rings is 2. The van der Waals surface area contributed by atoms with Crippen LogP contribution in [0.4, 0.5) is 4.39 Å². The summed E-state index contributed by atoms with van der Waals surface area (Å²) in [6, 6.07) is 11.7. The average molecular weight is 340 g/mol. The van der Waals surface area contributed by atoms with Gasteiger partial charge in [0, 0.05) is 33.5 Å². The molecular formula is C18H11ClFN3O. The van der Waals surface area contributed by atoms with Crippen molar-refractivity contribution in [2.75, 3.05) is 0 Å². The molecule has 0 fully saturated rings. The minimum Gasteiger partial charge on any atom is -0.305 e. The SMILES string of the molecule is O=c1ncc2c([nH]1)-c1ccc(Cl)cc1C(c1ccccc1F)=NC2. The smallest absolute Gasteiger partial charge is 0.305 e. The minimum absolute atomic E-state index is 0.287. The molecule has 1 N–H and O–H groups in total. The Morgan fingerprint density at radius 2 is 1.92 bits per heavy atom. The Morgan fingerprint density at radius 3 is 2.75 bits per heavy atom. The fraction of sp³-hybridized carbons (Fsp3) is 0.0556. The van der Waals surface area contributed by atoms with Crippen molar-refractivity contribution in [1.82, 2.24) is 9.97 Å². The molecule has 0 atom stereocenters. The third-order valence-electron chi connectivity index (χ3n) is 3.93. The molecule has 1 aliphatic rings. The summed E-state index contributed by atoms with van der Waals surface area (Å²) in [4.78, 5) is 22.7. The normalized spacial score (nSPS) is 12.8. The molecule has 3 aromatic rings. The van der Waals surface area contributed by atoms with Gasteiger partial charge in [0.2, 0.25) is 0 Å². The molecule has 4 nitrogen and oxygen atoms in total. The number of nitrogens with zero attached hydrogens (tertiary/aromatic N) is 2. The molecule has 2 heterocycles. The standard InChI is InChI=1S/C18H11ClFN3O/c19-11-5-6-12-14(7-11)17(13-3-1-2-4-15(13)20)21-8-10-9-22-18(24)23-16(10)12/h1-7,9H,8H2,(H,22,23,24). The van der Waals surface area contributed by atoms with E-state index in [-0.39, 0.29) is 12.4 Å². The van der Waals surface area contributed by atoms with E-state index < -0.39 is 5.69 Å². The molecule has 0 radical (unpaired) electrons. The number of fused-ring (bicyclic) bond motifs is 3. The van der Waals surface area contributed by atoms with Crippen LogP contribution in [0, 0.1) is 5.82 Å². The lowest BCUT2D eigenvalue weighted by molar-refractivity contribution is 0.625. The van der Waals surface area contributed by atoms with Crippen LogP contribution in [-0.4, -0.2) is 15.7 Å². The highest BCUT2D eigenvalue weighted by atomic mass is 35.5. The Morgan fingerprint density at radius 1 is 1.08 bits per heavy atom. The third kappa shape index (κ3) is 2.43. The van der Waals surface area contributed by atoms with E-state index in [0.717, 1.165) is 11.1 Å². The van der Waals surface area contributed by atoms with Crippen LogP contribution in [0.15, 0.2) is 58.4 Å². The molecule has 6 heteroatoms. The molecule has 0 spiro atoms. The molecule has 0 saturated carbocycles. The molecule has 0 aliphatic carbocycles. The maximum atomic E-state index is 14.3. The molecule has 0 unspecified atom stereocenters. The van der Waals surface area contributed by atoms with Crippen molar-refractivity contribution in [3.63, 3.8) is 0 Å². The highest BCUT2D eigenvalue weighted by Crippen LogP contribution is 2.32. The lowest BCUT2D eigenvalue weighted by atomic mass is 9.95. The zero-order valence-electron chi connectivity index (χ0n) is 12.4. The molecule has 0 bridgehead atoms. The lowest BCUT2D eigenvalue weighted by Gasteiger charge is -2.12. The van der Waals surface area contributed by atoms with Gasteiger partial charge in [0.1, 0.15) is 5.82 Å². The first-order valence-electron chi connectivity index (χ1n) is 7.31. The number of nitrogens with one attached hydrogen (secondary N) is 1. The highest BCUT2D eigenvalue weighted by molar-refractivity contribution is 6.31. The van der Waals surface area contributed by atoms with Crippen molar-refractivity contribution < 1.29 is 4.39 Å². The van der Waals surface area contributed by atoms with Gasteiger partial charge in [-0.25, -0.2) is 14.2 Å². The van der Waals surface area contributed by atoms with Crippen LogP contribution >= 0.6 is 11.6 Å². The molecule has 2 aromatic carbocycles. The molecule has 1 aliphatic heterocycles. The van der Waals surface area contributed by atoms with Gasteiger partial charge >= 0.3 is 5.69 Å². The van der Waals surface area contributed by atoms with Gasteiger partial charge in [0.05, 0.1) is 18.0 Å². The first kappa shape index (κ1) is 14.8. The van der Waals surface area contributed by atoms with Crippen LogP contribution in [0.2, 0.25) is 5.02 Å². The van der Waals surface area contributed by atoms with Crippen molar-refractivity contribution in [1.29, 1.82) is 0 Å². The van der Waals surface area contributed by atoms with E-state index in [1.165, 1.54) is 12.3 Å². The number of rotatable bonds is 1. The highest BCUT2D eigenvalue weighted by Gasteiger charge is 2.22. The van der Waals surface area contributed by atoms with Gasteiger partial charge in [0.15, 0.2) is 0 Å². The van der Waals surface area contributed by atoms with Gasteiger partial charge in [-0.3, -0.25) is 4.99 Å². The molecule has 24 heavy (non-hydrogen) atoms. The van der Waals surface area contributed by atoms with E-state index in [1.54, 1.807) is 36.4 Å². The summed E-state index contributed by atoms with van der Waals surface area (Å²) in [6.45, 7) is 0.287. The fourth-order valence-electron chi connectivity index (χ4n) is 2.84. The number of halogens is 2. The van der Waals surface area contributed by atoms with Crippen molar-refractivity contribution >= 4 is 17.3 Å². The van der Waals surface area contributed by atoms with Crippen molar-refractivity contribution in [2.45, 2.75) is 6.54 Å². The van der Waals surface area contributed by atoms with Gasteiger partial charge in [-0.05, 0) is 24.3 Å². The van der Waals surface area contributed by atoms with Gasteiger partial charge in [-0.2, -0.15) is 0 Å². The largest absolute Gasteiger partial charge is 0.345 e. The Labute approximate surface area is 141 Å². The Balaban J connectivity index is 2.04. The van der Waals surface area contributed by atoms with Crippen molar-refractivity contribution in [3.8, 4) is 11.3 Å². The predicted molar refractivity (Wildman–Crippen MR) is 91.0 cm³/mol. The zero-order chi connectivity index (χ0) is 16.7. The molecule has 0 saturated heterocycles. The predicted octanol–water partition coefficient (Wildman–Crippen LogP) is 3.58. The first-order valence-corrected chi connectivity index (χ1v) is 7.69. The number of aromatic amines is 1. The van der Waals surface area contributed by atoms with E-state index in [4.69, 9.17) is 11.6 Å². The molecular weight excluding hydrogens is 329 g/mol. The molecule has 1 aromatic heterocycles. The van der Waals surface area contributed by atoms with E-state index in [1.807, 2.05) is 0 Å². The van der Waals surface area contributed by atoms with Gasteiger partial charge in [-0.1, -0.05) is 29.8 Å².